The third kappa shape index (κ3) is 1.79. The second kappa shape index (κ2) is 4.05. The van der Waals surface area contributed by atoms with Crippen LogP contribution in [-0.4, -0.2) is 16.8 Å². The number of nitrogens with one attached hydrogen (secondary N) is 1. The van der Waals surface area contributed by atoms with Crippen LogP contribution in [0.5, 0.6) is 11.5 Å². The van der Waals surface area contributed by atoms with Gasteiger partial charge < -0.3 is 20.2 Å². The number of nitrogens with two attached hydrogens (primary N) is 1. The molecule has 2 aromatic rings. The molecule has 0 saturated heterocycles. The molecule has 0 amide bonds. The number of hydrogen-bond donors (Lipinski definition) is 2. The Hall–Kier alpha value is -1.53. The van der Waals surface area contributed by atoms with Gasteiger partial charge in [-0.15, -0.1) is 0 Å². The number of nitrogens with zero attached hydrogens (tertiary/aromatic N) is 1. The van der Waals surface area contributed by atoms with E-state index in [9.17, 15) is 0 Å². The zero-order chi connectivity index (χ0) is 11.8. The van der Waals surface area contributed by atoms with Gasteiger partial charge in [0.15, 0.2) is 16.2 Å². The lowest BCUT2D eigenvalue weighted by molar-refractivity contribution is 0.174. The molecule has 0 bridgehead atoms. The molecule has 0 fully saturated rings. The van der Waals surface area contributed by atoms with Gasteiger partial charge in [-0.1, -0.05) is 0 Å². The third-order valence-corrected chi connectivity index (χ3v) is 2.98. The maximum atomic E-state index is 5.67. The minimum Gasteiger partial charge on any atom is -0.454 e. The van der Waals surface area contributed by atoms with Gasteiger partial charge in [0.2, 0.25) is 6.79 Å². The lowest BCUT2D eigenvalue weighted by Crippen LogP contribution is -1.98. The predicted octanol–water partition coefficient (Wildman–Crippen LogP) is 2.03. The highest BCUT2D eigenvalue weighted by molar-refractivity contribution is 9.10. The summed E-state index contributed by atoms with van der Waals surface area (Å²) in [5.74, 6) is 1.50. The molecule has 0 spiro atoms. The molecule has 0 radical (unpaired) electrons. The smallest absolute Gasteiger partial charge is 0.231 e. The number of aromatic nitrogens is 2. The number of aromatic amines is 1. The number of fused-ring (bicyclic) bond motifs is 1. The van der Waals surface area contributed by atoms with Gasteiger partial charge in [0, 0.05) is 12.1 Å². The summed E-state index contributed by atoms with van der Waals surface area (Å²) >= 11 is 3.31. The van der Waals surface area contributed by atoms with Gasteiger partial charge in [0.25, 0.3) is 0 Å². The first kappa shape index (κ1) is 10.6. The fraction of sp³-hybridized carbons (Fsp3) is 0.182. The van der Waals surface area contributed by atoms with Crippen molar-refractivity contribution in [2.24, 2.45) is 5.73 Å². The topological polar surface area (TPSA) is 73.2 Å². The quantitative estimate of drug-likeness (QED) is 0.889. The van der Waals surface area contributed by atoms with Gasteiger partial charge >= 0.3 is 0 Å². The van der Waals surface area contributed by atoms with Crippen LogP contribution in [0.4, 0.5) is 0 Å². The third-order valence-electron chi connectivity index (χ3n) is 2.60. The molecule has 6 heteroatoms. The van der Waals surface area contributed by atoms with Crippen molar-refractivity contribution >= 4 is 15.9 Å². The minimum absolute atomic E-state index is 0.271. The van der Waals surface area contributed by atoms with Crippen molar-refractivity contribution in [3.05, 3.63) is 28.6 Å². The number of ether oxygens (including phenoxy) is 2. The van der Waals surface area contributed by atoms with Gasteiger partial charge in [-0.2, -0.15) is 0 Å². The standard InChI is InChI=1S/C11H10BrN3O2/c12-11-14-7(4-13)10(15-11)6-1-2-8-9(3-6)17-5-16-8/h1-3H,4-5,13H2,(H,14,15). The summed E-state index contributed by atoms with van der Waals surface area (Å²) in [6.45, 7) is 0.676. The van der Waals surface area contributed by atoms with E-state index in [-0.39, 0.29) is 6.79 Å². The molecular formula is C11H10BrN3O2. The van der Waals surface area contributed by atoms with Crippen LogP contribution in [0.15, 0.2) is 22.9 Å². The SMILES string of the molecule is NCc1[nH]c(Br)nc1-c1ccc2c(c1)OCO2. The molecule has 1 aromatic heterocycles. The van der Waals surface area contributed by atoms with Gasteiger partial charge in [0.05, 0.1) is 11.4 Å². The van der Waals surface area contributed by atoms with E-state index < -0.39 is 0 Å². The van der Waals surface area contributed by atoms with E-state index in [1.54, 1.807) is 0 Å². The van der Waals surface area contributed by atoms with E-state index in [1.807, 2.05) is 18.2 Å². The molecule has 1 aromatic carbocycles. The fourth-order valence-electron chi connectivity index (χ4n) is 1.81. The van der Waals surface area contributed by atoms with Crippen molar-refractivity contribution in [3.8, 4) is 22.8 Å². The molecule has 0 unspecified atom stereocenters. The number of rotatable bonds is 2. The van der Waals surface area contributed by atoms with Crippen LogP contribution in [-0.2, 0) is 6.54 Å². The molecule has 1 aliphatic rings. The van der Waals surface area contributed by atoms with Crippen molar-refractivity contribution in [3.63, 3.8) is 0 Å². The van der Waals surface area contributed by atoms with Crippen LogP contribution in [0.25, 0.3) is 11.3 Å². The molecule has 0 saturated carbocycles. The van der Waals surface area contributed by atoms with Crippen molar-refractivity contribution in [1.29, 1.82) is 0 Å². The molecule has 0 atom stereocenters. The van der Waals surface area contributed by atoms with Crippen molar-refractivity contribution in [1.82, 2.24) is 9.97 Å². The summed E-state index contributed by atoms with van der Waals surface area (Å²) in [4.78, 5) is 7.43. The van der Waals surface area contributed by atoms with Gasteiger partial charge in [0.1, 0.15) is 0 Å². The van der Waals surface area contributed by atoms with Gasteiger partial charge in [-0.05, 0) is 34.1 Å². The highest BCUT2D eigenvalue weighted by Crippen LogP contribution is 2.36. The zero-order valence-corrected chi connectivity index (χ0v) is 10.5. The van der Waals surface area contributed by atoms with Crippen LogP contribution in [0.3, 0.4) is 0 Å². The Morgan fingerprint density at radius 2 is 2.18 bits per heavy atom. The normalized spacial score (nSPS) is 13.1. The Bertz CT molecular complexity index is 568. The lowest BCUT2D eigenvalue weighted by Gasteiger charge is -2.02. The van der Waals surface area contributed by atoms with E-state index >= 15 is 0 Å². The molecule has 2 heterocycles. The van der Waals surface area contributed by atoms with Crippen molar-refractivity contribution in [2.45, 2.75) is 6.54 Å². The first-order valence-corrected chi connectivity index (χ1v) is 5.91. The Labute approximate surface area is 106 Å². The molecule has 0 aliphatic carbocycles. The monoisotopic (exact) mass is 295 g/mol. The molecule has 5 nitrogen and oxygen atoms in total. The molecular weight excluding hydrogens is 286 g/mol. The summed E-state index contributed by atoms with van der Waals surface area (Å²) in [6, 6.07) is 5.72. The summed E-state index contributed by atoms with van der Waals surface area (Å²) in [6.07, 6.45) is 0. The first-order chi connectivity index (χ1) is 8.28. The second-order valence-electron chi connectivity index (χ2n) is 3.63. The predicted molar refractivity (Wildman–Crippen MR) is 65.7 cm³/mol. The molecule has 17 heavy (non-hydrogen) atoms. The maximum absolute atomic E-state index is 5.67. The van der Waals surface area contributed by atoms with E-state index in [1.165, 1.54) is 0 Å². The van der Waals surface area contributed by atoms with Crippen LogP contribution in [0.1, 0.15) is 5.69 Å². The average Bonchev–Trinajstić information content (AvgIpc) is 2.93. The van der Waals surface area contributed by atoms with Crippen LogP contribution < -0.4 is 15.2 Å². The highest BCUT2D eigenvalue weighted by Gasteiger charge is 2.16. The second-order valence-corrected chi connectivity index (χ2v) is 4.38. The minimum atomic E-state index is 0.271. The number of hydrogen-bond acceptors (Lipinski definition) is 4. The fourth-order valence-corrected chi connectivity index (χ4v) is 2.22. The van der Waals surface area contributed by atoms with Crippen LogP contribution in [0.2, 0.25) is 0 Å². The van der Waals surface area contributed by atoms with E-state index in [0.29, 0.717) is 11.3 Å². The Morgan fingerprint density at radius 3 is 3.00 bits per heavy atom. The molecule has 88 valence electrons. The number of benzene rings is 1. The Kier molecular flexibility index (Phi) is 2.53. The first-order valence-electron chi connectivity index (χ1n) is 5.12. The molecule has 3 rings (SSSR count). The maximum Gasteiger partial charge on any atom is 0.231 e. The number of H-pyrrole nitrogens is 1. The van der Waals surface area contributed by atoms with Crippen LogP contribution >= 0.6 is 15.9 Å². The summed E-state index contributed by atoms with van der Waals surface area (Å²) in [5, 5.41) is 0. The Balaban J connectivity index is 2.08. The Morgan fingerprint density at radius 1 is 1.35 bits per heavy atom. The highest BCUT2D eigenvalue weighted by atomic mass is 79.9. The van der Waals surface area contributed by atoms with Crippen molar-refractivity contribution in [2.75, 3.05) is 6.79 Å². The average molecular weight is 296 g/mol. The molecule has 1 aliphatic heterocycles. The summed E-state index contributed by atoms with van der Waals surface area (Å²) < 4.78 is 11.3. The lowest BCUT2D eigenvalue weighted by atomic mass is 10.1. The largest absolute Gasteiger partial charge is 0.454 e. The summed E-state index contributed by atoms with van der Waals surface area (Å²) in [5.41, 5.74) is 8.34. The summed E-state index contributed by atoms with van der Waals surface area (Å²) in [7, 11) is 0. The number of imidazole rings is 1. The number of halogens is 1. The van der Waals surface area contributed by atoms with Gasteiger partial charge in [-0.3, -0.25) is 0 Å². The molecule has 3 N–H and O–H groups in total. The van der Waals surface area contributed by atoms with Crippen molar-refractivity contribution < 1.29 is 9.47 Å². The van der Waals surface area contributed by atoms with E-state index in [0.717, 1.165) is 28.5 Å². The van der Waals surface area contributed by atoms with Crippen LogP contribution in [0, 0.1) is 0 Å². The zero-order valence-electron chi connectivity index (χ0n) is 8.87. The van der Waals surface area contributed by atoms with Gasteiger partial charge in [-0.25, -0.2) is 4.98 Å². The van der Waals surface area contributed by atoms with E-state index in [2.05, 4.69) is 25.9 Å². The van der Waals surface area contributed by atoms with E-state index in [4.69, 9.17) is 15.2 Å².